The van der Waals surface area contributed by atoms with E-state index in [2.05, 4.69) is 29.4 Å². The minimum atomic E-state index is -0.750. The molecule has 0 aromatic carbocycles. The normalized spacial score (nSPS) is 37.6. The van der Waals surface area contributed by atoms with Crippen LogP contribution in [0.1, 0.15) is 128 Å². The summed E-state index contributed by atoms with van der Waals surface area (Å²) >= 11 is 28.8. The third-order valence-electron chi connectivity index (χ3n) is 12.8. The van der Waals surface area contributed by atoms with Crippen LogP contribution >= 0.6 is 69.6 Å². The molecule has 266 valence electrons. The summed E-state index contributed by atoms with van der Waals surface area (Å²) in [5.41, 5.74) is 0. The third-order valence-corrected chi connectivity index (χ3v) is 12.8. The fourth-order valence-corrected chi connectivity index (χ4v) is 11.0. The molecule has 8 aliphatic rings. The summed E-state index contributed by atoms with van der Waals surface area (Å²) in [7, 11) is 0. The molecule has 46 heavy (non-hydrogen) atoms. The van der Waals surface area contributed by atoms with Gasteiger partial charge in [-0.3, -0.25) is 29.4 Å². The second-order valence-electron chi connectivity index (χ2n) is 15.3. The number of hydrogen-bond acceptors (Lipinski definition) is 6. The van der Waals surface area contributed by atoms with Gasteiger partial charge in [-0.05, 0) is 51.4 Å². The molecule has 0 unspecified atom stereocenters. The SMILES string of the molecule is C1CCCC(N2CN3C4C5N(CN(C6CCCCCC6)CN5[C@@H]5CCCC[C@H]5N4C2)[C@@H]2CCCC[C@H]23)CC1.ClC(Cl)Cl.ClC(Cl)Cl. The molecular formula is C34H58Cl6N6. The molecule has 0 N–H and O–H groups in total. The minimum absolute atomic E-state index is 0.631. The van der Waals surface area contributed by atoms with E-state index in [1.54, 1.807) is 0 Å². The van der Waals surface area contributed by atoms with E-state index < -0.39 is 8.59 Å². The zero-order chi connectivity index (χ0) is 32.2. The van der Waals surface area contributed by atoms with Gasteiger partial charge in [-0.15, -0.1) is 0 Å². The van der Waals surface area contributed by atoms with Crippen LogP contribution < -0.4 is 0 Å². The van der Waals surface area contributed by atoms with Crippen molar-refractivity contribution >= 4 is 69.6 Å². The number of piperazine rings is 2. The van der Waals surface area contributed by atoms with Gasteiger partial charge >= 0.3 is 0 Å². The first-order valence-corrected chi connectivity index (χ1v) is 21.3. The highest BCUT2D eigenvalue weighted by atomic mass is 35.6. The lowest BCUT2D eigenvalue weighted by atomic mass is 9.79. The monoisotopic (exact) mass is 760 g/mol. The molecule has 0 aromatic rings. The fraction of sp³-hybridized carbons (Fsp3) is 1.00. The molecule has 4 saturated carbocycles. The first-order chi connectivity index (χ1) is 22.3. The summed E-state index contributed by atoms with van der Waals surface area (Å²) in [4.78, 5) is 18.5. The number of halogens is 6. The highest BCUT2D eigenvalue weighted by molar-refractivity contribution is 6.63. The van der Waals surface area contributed by atoms with Crippen LogP contribution in [0, 0.1) is 0 Å². The van der Waals surface area contributed by atoms with Crippen molar-refractivity contribution in [1.82, 2.24) is 29.4 Å². The van der Waals surface area contributed by atoms with Gasteiger partial charge in [0.25, 0.3) is 0 Å². The van der Waals surface area contributed by atoms with E-state index in [1.165, 1.54) is 155 Å². The number of fused-ring (bicyclic) bond motifs is 6. The van der Waals surface area contributed by atoms with Crippen LogP contribution in [0.2, 0.25) is 0 Å². The van der Waals surface area contributed by atoms with Gasteiger partial charge in [-0.25, -0.2) is 0 Å². The number of rotatable bonds is 2. The van der Waals surface area contributed by atoms with Crippen molar-refractivity contribution in [1.29, 1.82) is 0 Å². The Morgan fingerprint density at radius 2 is 0.543 bits per heavy atom. The Morgan fingerprint density at radius 1 is 0.326 bits per heavy atom. The van der Waals surface area contributed by atoms with Crippen molar-refractivity contribution in [2.75, 3.05) is 26.7 Å². The number of hydrogen-bond donors (Lipinski definition) is 0. The van der Waals surface area contributed by atoms with Crippen molar-refractivity contribution in [2.24, 2.45) is 0 Å². The molecule has 0 amide bonds. The summed E-state index contributed by atoms with van der Waals surface area (Å²) < 4.78 is -1.50. The zero-order valence-electron chi connectivity index (χ0n) is 27.7. The maximum Gasteiger partial charge on any atom is 0.180 e. The van der Waals surface area contributed by atoms with Gasteiger partial charge in [0, 0.05) is 36.3 Å². The van der Waals surface area contributed by atoms with E-state index in [0.717, 1.165) is 36.3 Å². The molecule has 4 aliphatic carbocycles. The first-order valence-electron chi connectivity index (χ1n) is 18.7. The van der Waals surface area contributed by atoms with Gasteiger partial charge in [-0.2, -0.15) is 0 Å². The lowest BCUT2D eigenvalue weighted by molar-refractivity contribution is -0.303. The Balaban J connectivity index is 0.000000420. The molecule has 0 bridgehead atoms. The van der Waals surface area contributed by atoms with Crippen LogP contribution in [0.4, 0.5) is 0 Å². The van der Waals surface area contributed by atoms with Crippen molar-refractivity contribution in [3.8, 4) is 0 Å². The third kappa shape index (κ3) is 8.75. The second-order valence-corrected chi connectivity index (χ2v) is 19.2. The topological polar surface area (TPSA) is 19.4 Å². The van der Waals surface area contributed by atoms with E-state index in [9.17, 15) is 0 Å². The van der Waals surface area contributed by atoms with Crippen LogP contribution in [0.3, 0.4) is 0 Å². The molecule has 4 aliphatic heterocycles. The minimum Gasteiger partial charge on any atom is -0.274 e. The van der Waals surface area contributed by atoms with E-state index in [-0.39, 0.29) is 0 Å². The molecule has 0 radical (unpaired) electrons. The summed E-state index contributed by atoms with van der Waals surface area (Å²) in [5, 5.41) is 0. The average Bonchev–Trinajstić information content (AvgIpc) is 3.50. The van der Waals surface area contributed by atoms with Gasteiger partial charge in [0.2, 0.25) is 0 Å². The van der Waals surface area contributed by atoms with Crippen LogP contribution in [-0.2, 0) is 0 Å². The summed E-state index contributed by atoms with van der Waals surface area (Å²) in [6, 6.07) is 4.76. The van der Waals surface area contributed by atoms with Gasteiger partial charge in [0.1, 0.15) is 0 Å². The van der Waals surface area contributed by atoms with Crippen molar-refractivity contribution < 1.29 is 0 Å². The highest BCUT2D eigenvalue weighted by Gasteiger charge is 2.62. The quantitative estimate of drug-likeness (QED) is 0.205. The van der Waals surface area contributed by atoms with E-state index in [0.29, 0.717) is 12.3 Å². The van der Waals surface area contributed by atoms with Crippen LogP contribution in [0.25, 0.3) is 0 Å². The van der Waals surface area contributed by atoms with Crippen molar-refractivity contribution in [3.63, 3.8) is 0 Å². The summed E-state index contributed by atoms with van der Waals surface area (Å²) in [6.07, 6.45) is 30.4. The Labute approximate surface area is 309 Å². The largest absolute Gasteiger partial charge is 0.274 e. The first kappa shape index (κ1) is 37.3. The lowest BCUT2D eigenvalue weighted by Crippen LogP contribution is -2.88. The molecule has 4 atom stereocenters. The van der Waals surface area contributed by atoms with Gasteiger partial charge < -0.3 is 0 Å². The molecule has 0 aromatic heterocycles. The van der Waals surface area contributed by atoms with E-state index in [4.69, 9.17) is 69.6 Å². The Morgan fingerprint density at radius 3 is 0.783 bits per heavy atom. The standard InChI is InChI=1S/C32H56N6.2CHCl3/c1-2-6-14-25(13-5-1)33-21-35-27-17-9-11-19-29(27)37-23-34(26-15-7-3-4-8-16-26)24-38-30-20-12-10-18-28(30)36(22-33)31(35)32(37)38;2*2-1(3)4/h25-32H,1-24H2;2*1H/t27-,28-,29-,30-,31?,32?;;/m1../s1. The molecule has 0 spiro atoms. The predicted molar refractivity (Wildman–Crippen MR) is 196 cm³/mol. The zero-order valence-corrected chi connectivity index (χ0v) is 32.2. The van der Waals surface area contributed by atoms with Crippen molar-refractivity contribution in [3.05, 3.63) is 0 Å². The van der Waals surface area contributed by atoms with Crippen LogP contribution in [-0.4, -0.2) is 113 Å². The molecule has 4 saturated heterocycles. The van der Waals surface area contributed by atoms with Crippen molar-refractivity contribution in [2.45, 2.75) is 186 Å². The number of nitrogens with zero attached hydrogens (tertiary/aromatic N) is 6. The molecule has 12 heteroatoms. The Bertz CT molecular complexity index is 797. The molecule has 4 heterocycles. The maximum absolute atomic E-state index is 4.81. The molecule has 8 rings (SSSR count). The average molecular weight is 764 g/mol. The molecule has 8 fully saturated rings. The summed E-state index contributed by atoms with van der Waals surface area (Å²) in [6.45, 7) is 5.04. The highest BCUT2D eigenvalue weighted by Crippen LogP contribution is 2.48. The lowest BCUT2D eigenvalue weighted by Gasteiger charge is -2.72. The van der Waals surface area contributed by atoms with Gasteiger partial charge in [0.05, 0.1) is 39.0 Å². The molecular weight excluding hydrogens is 705 g/mol. The Kier molecular flexibility index (Phi) is 14.4. The summed E-state index contributed by atoms with van der Waals surface area (Å²) in [5.74, 6) is 0. The second kappa shape index (κ2) is 17.8. The Hall–Kier alpha value is 1.50. The smallest absolute Gasteiger partial charge is 0.180 e. The van der Waals surface area contributed by atoms with Gasteiger partial charge in [0.15, 0.2) is 8.59 Å². The predicted octanol–water partition coefficient (Wildman–Crippen LogP) is 9.38. The van der Waals surface area contributed by atoms with Gasteiger partial charge in [-0.1, -0.05) is 147 Å². The number of alkyl halides is 6. The van der Waals surface area contributed by atoms with E-state index >= 15 is 0 Å². The maximum atomic E-state index is 4.81. The molecule has 6 nitrogen and oxygen atoms in total. The van der Waals surface area contributed by atoms with E-state index in [1.807, 2.05) is 0 Å². The van der Waals surface area contributed by atoms with Crippen LogP contribution in [0.5, 0.6) is 0 Å². The fourth-order valence-electron chi connectivity index (χ4n) is 11.0. The van der Waals surface area contributed by atoms with Crippen LogP contribution in [0.15, 0.2) is 0 Å².